The molecule has 0 aliphatic rings. The predicted molar refractivity (Wildman–Crippen MR) is 80.1 cm³/mol. The summed E-state index contributed by atoms with van der Waals surface area (Å²) in [6, 6.07) is 8.18. The van der Waals surface area contributed by atoms with Crippen molar-refractivity contribution in [3.05, 3.63) is 41.2 Å². The maximum atomic E-state index is 4.43. The van der Waals surface area contributed by atoms with Crippen LogP contribution in [0, 0.1) is 20.8 Å². The van der Waals surface area contributed by atoms with Gasteiger partial charge in [-0.3, -0.25) is 0 Å². The minimum absolute atomic E-state index is 0.757. The van der Waals surface area contributed by atoms with Crippen molar-refractivity contribution in [2.45, 2.75) is 27.7 Å². The van der Waals surface area contributed by atoms with Gasteiger partial charge in [0.1, 0.15) is 17.5 Å². The molecule has 1 heterocycles. The van der Waals surface area contributed by atoms with E-state index >= 15 is 0 Å². The molecule has 0 unspecified atom stereocenters. The molecule has 0 saturated heterocycles. The molecule has 1 aromatic heterocycles. The van der Waals surface area contributed by atoms with E-state index in [0.717, 1.165) is 29.7 Å². The largest absolute Gasteiger partial charge is 0.370 e. The van der Waals surface area contributed by atoms with Crippen molar-refractivity contribution in [3.8, 4) is 0 Å². The lowest BCUT2D eigenvalue weighted by Gasteiger charge is -2.13. The number of aryl methyl sites for hydroxylation is 3. The Balaban J connectivity index is 2.33. The summed E-state index contributed by atoms with van der Waals surface area (Å²) in [5.41, 5.74) is 3.53. The van der Waals surface area contributed by atoms with Gasteiger partial charge in [-0.05, 0) is 38.8 Å². The average Bonchev–Trinajstić information content (AvgIpc) is 2.34. The Labute approximate surface area is 114 Å². The monoisotopic (exact) mass is 256 g/mol. The Morgan fingerprint density at radius 2 is 1.63 bits per heavy atom. The van der Waals surface area contributed by atoms with E-state index in [1.807, 2.05) is 13.0 Å². The number of para-hydroxylation sites is 1. The van der Waals surface area contributed by atoms with E-state index in [0.29, 0.717) is 0 Å². The van der Waals surface area contributed by atoms with E-state index < -0.39 is 0 Å². The van der Waals surface area contributed by atoms with Gasteiger partial charge in [0.15, 0.2) is 0 Å². The van der Waals surface area contributed by atoms with Crippen molar-refractivity contribution in [2.24, 2.45) is 0 Å². The molecule has 0 fully saturated rings. The highest BCUT2D eigenvalue weighted by Gasteiger charge is 2.05. The third-order valence-electron chi connectivity index (χ3n) is 2.93. The van der Waals surface area contributed by atoms with Crippen LogP contribution in [0.1, 0.15) is 23.9 Å². The Morgan fingerprint density at radius 1 is 1.00 bits per heavy atom. The SMILES string of the molecule is CCNc1cc(Nc2c(C)cccc2C)nc(C)n1. The number of hydrogen-bond acceptors (Lipinski definition) is 4. The van der Waals surface area contributed by atoms with Crippen LogP contribution in [0.15, 0.2) is 24.3 Å². The van der Waals surface area contributed by atoms with Gasteiger partial charge in [0, 0.05) is 18.3 Å². The summed E-state index contributed by atoms with van der Waals surface area (Å²) in [5, 5.41) is 6.60. The van der Waals surface area contributed by atoms with Crippen LogP contribution in [0.4, 0.5) is 17.3 Å². The van der Waals surface area contributed by atoms with Gasteiger partial charge in [-0.15, -0.1) is 0 Å². The van der Waals surface area contributed by atoms with E-state index in [-0.39, 0.29) is 0 Å². The number of aromatic nitrogens is 2. The van der Waals surface area contributed by atoms with Gasteiger partial charge < -0.3 is 10.6 Å². The summed E-state index contributed by atoms with van der Waals surface area (Å²) >= 11 is 0. The van der Waals surface area contributed by atoms with Crippen LogP contribution < -0.4 is 10.6 Å². The summed E-state index contributed by atoms with van der Waals surface area (Å²) in [6.07, 6.45) is 0. The highest BCUT2D eigenvalue weighted by molar-refractivity contribution is 5.65. The maximum absolute atomic E-state index is 4.43. The van der Waals surface area contributed by atoms with E-state index in [9.17, 15) is 0 Å². The molecular formula is C15H20N4. The Bertz CT molecular complexity index is 558. The molecule has 100 valence electrons. The second-order valence-corrected chi connectivity index (χ2v) is 4.61. The molecule has 0 aliphatic carbocycles. The summed E-state index contributed by atoms with van der Waals surface area (Å²) in [7, 11) is 0. The van der Waals surface area contributed by atoms with Crippen LogP contribution in [0.3, 0.4) is 0 Å². The van der Waals surface area contributed by atoms with Crippen LogP contribution in [0.5, 0.6) is 0 Å². The van der Waals surface area contributed by atoms with E-state index in [2.05, 4.69) is 59.6 Å². The normalized spacial score (nSPS) is 10.3. The molecule has 0 atom stereocenters. The first-order valence-corrected chi connectivity index (χ1v) is 6.53. The molecule has 0 radical (unpaired) electrons. The van der Waals surface area contributed by atoms with E-state index in [4.69, 9.17) is 0 Å². The minimum atomic E-state index is 0.757. The standard InChI is InChI=1S/C15H20N4/c1-5-16-13-9-14(18-12(4)17-13)19-15-10(2)7-6-8-11(15)3/h6-9H,5H2,1-4H3,(H2,16,17,18,19). The minimum Gasteiger partial charge on any atom is -0.370 e. The first-order valence-electron chi connectivity index (χ1n) is 6.53. The third kappa shape index (κ3) is 3.22. The van der Waals surface area contributed by atoms with Crippen molar-refractivity contribution >= 4 is 17.3 Å². The maximum Gasteiger partial charge on any atom is 0.136 e. The fourth-order valence-corrected chi connectivity index (χ4v) is 2.04. The number of rotatable bonds is 4. The summed E-state index contributed by atoms with van der Waals surface area (Å²) in [6.45, 7) is 8.98. The van der Waals surface area contributed by atoms with Gasteiger partial charge in [-0.25, -0.2) is 9.97 Å². The number of nitrogens with zero attached hydrogens (tertiary/aromatic N) is 2. The summed E-state index contributed by atoms with van der Waals surface area (Å²) < 4.78 is 0. The molecule has 1 aromatic carbocycles. The predicted octanol–water partition coefficient (Wildman–Crippen LogP) is 3.58. The fraction of sp³-hybridized carbons (Fsp3) is 0.333. The molecule has 2 N–H and O–H groups in total. The molecule has 0 saturated carbocycles. The first-order chi connectivity index (χ1) is 9.10. The van der Waals surface area contributed by atoms with Gasteiger partial charge in [-0.2, -0.15) is 0 Å². The molecule has 0 amide bonds. The third-order valence-corrected chi connectivity index (χ3v) is 2.93. The molecule has 0 aliphatic heterocycles. The number of hydrogen-bond donors (Lipinski definition) is 2. The highest BCUT2D eigenvalue weighted by atomic mass is 15.1. The molecule has 0 spiro atoms. The highest BCUT2D eigenvalue weighted by Crippen LogP contribution is 2.24. The Hall–Kier alpha value is -2.10. The summed E-state index contributed by atoms with van der Waals surface area (Å²) in [4.78, 5) is 8.78. The van der Waals surface area contributed by atoms with Crippen molar-refractivity contribution in [2.75, 3.05) is 17.2 Å². The van der Waals surface area contributed by atoms with Crippen LogP contribution in [0.25, 0.3) is 0 Å². The van der Waals surface area contributed by atoms with Gasteiger partial charge in [0.05, 0.1) is 0 Å². The number of anilines is 3. The average molecular weight is 256 g/mol. The summed E-state index contributed by atoms with van der Waals surface area (Å²) in [5.74, 6) is 2.43. The number of benzene rings is 1. The molecule has 4 heteroatoms. The molecule has 4 nitrogen and oxygen atoms in total. The zero-order valence-electron chi connectivity index (χ0n) is 11.9. The zero-order valence-corrected chi connectivity index (χ0v) is 11.9. The lowest BCUT2D eigenvalue weighted by molar-refractivity contribution is 1.04. The van der Waals surface area contributed by atoms with Crippen molar-refractivity contribution < 1.29 is 0 Å². The van der Waals surface area contributed by atoms with Gasteiger partial charge in [0.25, 0.3) is 0 Å². The smallest absolute Gasteiger partial charge is 0.136 e. The molecule has 2 rings (SSSR count). The quantitative estimate of drug-likeness (QED) is 0.878. The molecule has 0 bridgehead atoms. The second kappa shape index (κ2) is 5.69. The van der Waals surface area contributed by atoms with Crippen LogP contribution in [-0.4, -0.2) is 16.5 Å². The topological polar surface area (TPSA) is 49.8 Å². The second-order valence-electron chi connectivity index (χ2n) is 4.61. The molecular weight excluding hydrogens is 236 g/mol. The Kier molecular flexibility index (Phi) is 4.00. The number of nitrogens with one attached hydrogen (secondary N) is 2. The zero-order chi connectivity index (χ0) is 13.8. The van der Waals surface area contributed by atoms with Crippen LogP contribution in [0.2, 0.25) is 0 Å². The van der Waals surface area contributed by atoms with E-state index in [1.165, 1.54) is 11.1 Å². The molecule has 19 heavy (non-hydrogen) atoms. The van der Waals surface area contributed by atoms with E-state index in [1.54, 1.807) is 0 Å². The van der Waals surface area contributed by atoms with Crippen molar-refractivity contribution in [1.82, 2.24) is 9.97 Å². The lowest BCUT2D eigenvalue weighted by Crippen LogP contribution is -2.05. The van der Waals surface area contributed by atoms with Crippen LogP contribution in [-0.2, 0) is 0 Å². The van der Waals surface area contributed by atoms with Gasteiger partial charge in [-0.1, -0.05) is 18.2 Å². The van der Waals surface area contributed by atoms with Crippen molar-refractivity contribution in [3.63, 3.8) is 0 Å². The lowest BCUT2D eigenvalue weighted by atomic mass is 10.1. The Morgan fingerprint density at radius 3 is 2.26 bits per heavy atom. The van der Waals surface area contributed by atoms with Crippen LogP contribution >= 0.6 is 0 Å². The molecule has 2 aromatic rings. The van der Waals surface area contributed by atoms with Gasteiger partial charge in [0.2, 0.25) is 0 Å². The van der Waals surface area contributed by atoms with Gasteiger partial charge >= 0.3 is 0 Å². The first kappa shape index (κ1) is 13.3. The fourth-order valence-electron chi connectivity index (χ4n) is 2.04. The van der Waals surface area contributed by atoms with Crippen molar-refractivity contribution in [1.29, 1.82) is 0 Å².